The first-order chi connectivity index (χ1) is 9.00. The van der Waals surface area contributed by atoms with Crippen molar-refractivity contribution in [3.05, 3.63) is 38.3 Å². The molecule has 0 aliphatic carbocycles. The zero-order valence-electron chi connectivity index (χ0n) is 11.1. The Balaban J connectivity index is 2.23. The first-order valence-electron chi connectivity index (χ1n) is 6.39. The third-order valence-corrected chi connectivity index (χ3v) is 4.54. The van der Waals surface area contributed by atoms with Gasteiger partial charge in [0.25, 0.3) is 5.69 Å². The van der Waals surface area contributed by atoms with E-state index in [1.165, 1.54) is 6.07 Å². The number of piperazine rings is 1. The summed E-state index contributed by atoms with van der Waals surface area (Å²) < 4.78 is 0.595. The van der Waals surface area contributed by atoms with Crippen LogP contribution in [0.1, 0.15) is 19.4 Å². The van der Waals surface area contributed by atoms with E-state index in [-0.39, 0.29) is 10.6 Å². The molecule has 2 atom stereocenters. The molecule has 2 rings (SSSR count). The lowest BCUT2D eigenvalue weighted by Crippen LogP contribution is -2.54. The first-order valence-corrected chi connectivity index (χ1v) is 7.18. The highest BCUT2D eigenvalue weighted by atomic mass is 79.9. The maximum absolute atomic E-state index is 10.9. The highest BCUT2D eigenvalue weighted by Gasteiger charge is 2.26. The predicted molar refractivity (Wildman–Crippen MR) is 78.1 cm³/mol. The Hall–Kier alpha value is -0.980. The second-order valence-electron chi connectivity index (χ2n) is 5.04. The monoisotopic (exact) mass is 327 g/mol. The van der Waals surface area contributed by atoms with Gasteiger partial charge in [-0.15, -0.1) is 0 Å². The van der Waals surface area contributed by atoms with Crippen molar-refractivity contribution in [2.75, 3.05) is 13.1 Å². The van der Waals surface area contributed by atoms with Crippen molar-refractivity contribution in [2.24, 2.45) is 0 Å². The van der Waals surface area contributed by atoms with Crippen molar-refractivity contribution in [3.63, 3.8) is 0 Å². The number of nitro groups is 1. The minimum atomic E-state index is -0.349. The zero-order valence-corrected chi connectivity index (χ0v) is 12.7. The number of rotatable bonds is 3. The van der Waals surface area contributed by atoms with E-state index in [9.17, 15) is 10.1 Å². The number of halogens is 1. The Labute approximate surface area is 121 Å². The van der Waals surface area contributed by atoms with Crippen LogP contribution in [-0.4, -0.2) is 35.0 Å². The summed E-state index contributed by atoms with van der Waals surface area (Å²) in [4.78, 5) is 13.0. The van der Waals surface area contributed by atoms with Gasteiger partial charge in [-0.25, -0.2) is 0 Å². The van der Waals surface area contributed by atoms with Crippen molar-refractivity contribution in [2.45, 2.75) is 32.5 Å². The molecular formula is C13H18BrN3O2. The third-order valence-electron chi connectivity index (χ3n) is 3.62. The van der Waals surface area contributed by atoms with Gasteiger partial charge in [-0.1, -0.05) is 12.1 Å². The van der Waals surface area contributed by atoms with Gasteiger partial charge in [0.2, 0.25) is 0 Å². The van der Waals surface area contributed by atoms with Gasteiger partial charge in [-0.2, -0.15) is 0 Å². The number of hydrogen-bond acceptors (Lipinski definition) is 4. The van der Waals surface area contributed by atoms with Crippen LogP contribution in [0.5, 0.6) is 0 Å². The molecule has 5 nitrogen and oxygen atoms in total. The topological polar surface area (TPSA) is 58.4 Å². The lowest BCUT2D eigenvalue weighted by molar-refractivity contribution is -0.385. The number of hydrogen-bond donors (Lipinski definition) is 1. The zero-order chi connectivity index (χ0) is 14.0. The third kappa shape index (κ3) is 3.13. The summed E-state index contributed by atoms with van der Waals surface area (Å²) in [5, 5.41) is 14.3. The molecule has 1 heterocycles. The van der Waals surface area contributed by atoms with Crippen LogP contribution in [-0.2, 0) is 6.54 Å². The molecule has 1 aliphatic rings. The van der Waals surface area contributed by atoms with Gasteiger partial charge in [0.1, 0.15) is 0 Å². The summed E-state index contributed by atoms with van der Waals surface area (Å²) >= 11 is 3.36. The van der Waals surface area contributed by atoms with E-state index in [0.29, 0.717) is 16.6 Å². The summed E-state index contributed by atoms with van der Waals surface area (Å²) in [7, 11) is 0. The van der Waals surface area contributed by atoms with E-state index in [2.05, 4.69) is 40.0 Å². The van der Waals surface area contributed by atoms with Crippen LogP contribution in [0.15, 0.2) is 22.7 Å². The Morgan fingerprint density at radius 1 is 1.42 bits per heavy atom. The SMILES string of the molecule is CC1CNCC(C)N1Cc1cccc([N+](=O)[O-])c1Br. The van der Waals surface area contributed by atoms with Gasteiger partial charge in [-0.05, 0) is 35.3 Å². The number of nitrogens with one attached hydrogen (secondary N) is 1. The summed E-state index contributed by atoms with van der Waals surface area (Å²) in [6, 6.07) is 6.07. The number of benzene rings is 1. The smallest absolute Gasteiger partial charge is 0.283 e. The largest absolute Gasteiger partial charge is 0.314 e. The lowest BCUT2D eigenvalue weighted by atomic mass is 10.1. The fraction of sp³-hybridized carbons (Fsp3) is 0.538. The summed E-state index contributed by atoms with van der Waals surface area (Å²) in [5.74, 6) is 0. The van der Waals surface area contributed by atoms with Crippen molar-refractivity contribution in [1.29, 1.82) is 0 Å². The fourth-order valence-corrected chi connectivity index (χ4v) is 3.04. The molecule has 0 bridgehead atoms. The van der Waals surface area contributed by atoms with E-state index in [1.807, 2.05) is 6.07 Å². The average Bonchev–Trinajstić information content (AvgIpc) is 2.35. The summed E-state index contributed by atoms with van der Waals surface area (Å²) in [6.45, 7) is 6.99. The van der Waals surface area contributed by atoms with Crippen LogP contribution in [0.2, 0.25) is 0 Å². The predicted octanol–water partition coefficient (Wildman–Crippen LogP) is 2.54. The maximum Gasteiger partial charge on any atom is 0.283 e. The first kappa shape index (κ1) is 14.4. The Morgan fingerprint density at radius 3 is 2.63 bits per heavy atom. The quantitative estimate of drug-likeness (QED) is 0.684. The van der Waals surface area contributed by atoms with E-state index in [1.54, 1.807) is 6.07 Å². The Bertz CT molecular complexity index is 471. The molecule has 1 aromatic carbocycles. The lowest BCUT2D eigenvalue weighted by Gasteiger charge is -2.39. The molecule has 0 radical (unpaired) electrons. The number of nitro benzene ring substituents is 1. The van der Waals surface area contributed by atoms with Crippen LogP contribution in [0.4, 0.5) is 5.69 Å². The molecule has 1 aliphatic heterocycles. The van der Waals surface area contributed by atoms with Crippen LogP contribution in [0.25, 0.3) is 0 Å². The molecule has 1 aromatic rings. The average molecular weight is 328 g/mol. The fourth-order valence-electron chi connectivity index (χ4n) is 2.51. The molecule has 2 unspecified atom stereocenters. The minimum Gasteiger partial charge on any atom is -0.314 e. The summed E-state index contributed by atoms with van der Waals surface area (Å²) in [5.41, 5.74) is 1.10. The Kier molecular flexibility index (Phi) is 4.54. The van der Waals surface area contributed by atoms with Crippen molar-refractivity contribution < 1.29 is 4.92 Å². The molecule has 0 saturated carbocycles. The number of nitrogens with zero attached hydrogens (tertiary/aromatic N) is 2. The van der Waals surface area contributed by atoms with Crippen LogP contribution >= 0.6 is 15.9 Å². The van der Waals surface area contributed by atoms with Gasteiger partial charge in [-0.3, -0.25) is 15.0 Å². The molecule has 104 valence electrons. The van der Waals surface area contributed by atoms with Gasteiger partial charge in [0.15, 0.2) is 0 Å². The van der Waals surface area contributed by atoms with Gasteiger partial charge in [0.05, 0.1) is 9.40 Å². The normalized spacial score (nSPS) is 24.4. The maximum atomic E-state index is 10.9. The van der Waals surface area contributed by atoms with Crippen LogP contribution in [0, 0.1) is 10.1 Å². The molecule has 0 spiro atoms. The molecule has 0 aromatic heterocycles. The highest BCUT2D eigenvalue weighted by Crippen LogP contribution is 2.30. The van der Waals surface area contributed by atoms with Gasteiger partial charge in [0, 0.05) is 37.8 Å². The van der Waals surface area contributed by atoms with Crippen molar-refractivity contribution >= 4 is 21.6 Å². The van der Waals surface area contributed by atoms with Crippen molar-refractivity contribution in [3.8, 4) is 0 Å². The second-order valence-corrected chi connectivity index (χ2v) is 5.83. The molecule has 1 fully saturated rings. The molecule has 1 saturated heterocycles. The van der Waals surface area contributed by atoms with Gasteiger partial charge >= 0.3 is 0 Å². The van der Waals surface area contributed by atoms with E-state index >= 15 is 0 Å². The minimum absolute atomic E-state index is 0.132. The standard InChI is InChI=1S/C13H18BrN3O2/c1-9-6-15-7-10(2)16(9)8-11-4-3-5-12(13(11)14)17(18)19/h3-5,9-10,15H,6-8H2,1-2H3. The summed E-state index contributed by atoms with van der Waals surface area (Å²) in [6.07, 6.45) is 0. The van der Waals surface area contributed by atoms with Crippen LogP contribution < -0.4 is 5.32 Å². The highest BCUT2D eigenvalue weighted by molar-refractivity contribution is 9.10. The van der Waals surface area contributed by atoms with E-state index in [0.717, 1.165) is 25.2 Å². The second kappa shape index (κ2) is 5.98. The van der Waals surface area contributed by atoms with E-state index < -0.39 is 0 Å². The van der Waals surface area contributed by atoms with Crippen LogP contribution in [0.3, 0.4) is 0 Å². The molecule has 0 amide bonds. The van der Waals surface area contributed by atoms with Gasteiger partial charge < -0.3 is 5.32 Å². The molecule has 19 heavy (non-hydrogen) atoms. The molecular weight excluding hydrogens is 310 g/mol. The molecule has 1 N–H and O–H groups in total. The Morgan fingerprint density at radius 2 is 2.05 bits per heavy atom. The van der Waals surface area contributed by atoms with Crippen molar-refractivity contribution in [1.82, 2.24) is 10.2 Å². The van der Waals surface area contributed by atoms with E-state index in [4.69, 9.17) is 0 Å². The molecule has 6 heteroatoms.